The summed E-state index contributed by atoms with van der Waals surface area (Å²) in [5.74, 6) is -1.27. The second-order valence-electron chi connectivity index (χ2n) is 4.61. The van der Waals surface area contributed by atoms with Crippen molar-refractivity contribution in [3.8, 4) is 0 Å². The molecule has 1 fully saturated rings. The summed E-state index contributed by atoms with van der Waals surface area (Å²) >= 11 is 6.03. The van der Waals surface area contributed by atoms with E-state index in [1.54, 1.807) is 24.3 Å². The SMILES string of the molecule is NCC1CC(=O)N([C@H](C(=O)O)c2ccccc2Cl)C1. The highest BCUT2D eigenvalue weighted by Crippen LogP contribution is 2.32. The number of rotatable bonds is 4. The van der Waals surface area contributed by atoms with Crippen LogP contribution in [0.5, 0.6) is 0 Å². The first-order chi connectivity index (χ1) is 9.04. The summed E-state index contributed by atoms with van der Waals surface area (Å²) in [6, 6.07) is 5.63. The van der Waals surface area contributed by atoms with Crippen molar-refractivity contribution in [3.05, 3.63) is 34.9 Å². The first kappa shape index (κ1) is 13.8. The van der Waals surface area contributed by atoms with Gasteiger partial charge in [0.05, 0.1) is 0 Å². The lowest BCUT2D eigenvalue weighted by Crippen LogP contribution is -2.36. The molecule has 2 atom stereocenters. The van der Waals surface area contributed by atoms with Gasteiger partial charge in [-0.3, -0.25) is 4.79 Å². The molecular formula is C13H15ClN2O3. The van der Waals surface area contributed by atoms with Gasteiger partial charge in [-0.2, -0.15) is 0 Å². The Hall–Kier alpha value is -1.59. The maximum atomic E-state index is 11.9. The summed E-state index contributed by atoms with van der Waals surface area (Å²) in [4.78, 5) is 24.8. The Labute approximate surface area is 116 Å². The van der Waals surface area contributed by atoms with Crippen LogP contribution in [0.4, 0.5) is 0 Å². The summed E-state index contributed by atoms with van der Waals surface area (Å²) in [5.41, 5.74) is 5.98. The zero-order valence-corrected chi connectivity index (χ0v) is 11.0. The zero-order valence-electron chi connectivity index (χ0n) is 10.3. The molecule has 1 amide bonds. The first-order valence-corrected chi connectivity index (χ1v) is 6.39. The van der Waals surface area contributed by atoms with Crippen molar-refractivity contribution >= 4 is 23.5 Å². The number of hydrogen-bond acceptors (Lipinski definition) is 3. The molecule has 1 aliphatic rings. The van der Waals surface area contributed by atoms with Gasteiger partial charge < -0.3 is 15.7 Å². The van der Waals surface area contributed by atoms with Crippen LogP contribution < -0.4 is 5.73 Å². The number of halogens is 1. The van der Waals surface area contributed by atoms with Crippen LogP contribution in [-0.4, -0.2) is 35.0 Å². The average molecular weight is 283 g/mol. The van der Waals surface area contributed by atoms with Gasteiger partial charge in [0, 0.05) is 23.6 Å². The number of hydrogen-bond donors (Lipinski definition) is 2. The van der Waals surface area contributed by atoms with E-state index in [4.69, 9.17) is 17.3 Å². The predicted octanol–water partition coefficient (Wildman–Crippen LogP) is 1.27. The van der Waals surface area contributed by atoms with E-state index >= 15 is 0 Å². The highest BCUT2D eigenvalue weighted by Gasteiger charge is 2.38. The summed E-state index contributed by atoms with van der Waals surface area (Å²) in [5, 5.41) is 9.75. The number of nitrogens with two attached hydrogens (primary N) is 1. The third-order valence-electron chi connectivity index (χ3n) is 3.32. The Kier molecular flexibility index (Phi) is 4.07. The molecule has 1 unspecified atom stereocenters. The van der Waals surface area contributed by atoms with Gasteiger partial charge in [0.15, 0.2) is 6.04 Å². The lowest BCUT2D eigenvalue weighted by molar-refractivity contribution is -0.148. The molecule has 1 aliphatic heterocycles. The van der Waals surface area contributed by atoms with E-state index in [-0.39, 0.29) is 11.8 Å². The van der Waals surface area contributed by atoms with E-state index in [0.29, 0.717) is 30.1 Å². The minimum atomic E-state index is -1.08. The second kappa shape index (κ2) is 5.59. The van der Waals surface area contributed by atoms with Crippen molar-refractivity contribution in [2.45, 2.75) is 12.5 Å². The van der Waals surface area contributed by atoms with Gasteiger partial charge in [-0.05, 0) is 18.5 Å². The molecule has 1 saturated heterocycles. The molecule has 1 heterocycles. The van der Waals surface area contributed by atoms with Gasteiger partial charge in [-0.15, -0.1) is 0 Å². The topological polar surface area (TPSA) is 83.6 Å². The zero-order chi connectivity index (χ0) is 14.0. The number of carbonyl (C=O) groups is 2. The molecule has 0 spiro atoms. The van der Waals surface area contributed by atoms with Crippen molar-refractivity contribution in [3.63, 3.8) is 0 Å². The number of carboxylic acids is 1. The molecule has 19 heavy (non-hydrogen) atoms. The molecule has 6 heteroatoms. The fourth-order valence-corrected chi connectivity index (χ4v) is 2.59. The quantitative estimate of drug-likeness (QED) is 0.871. The Morgan fingerprint density at radius 1 is 1.53 bits per heavy atom. The summed E-state index contributed by atoms with van der Waals surface area (Å²) < 4.78 is 0. The molecule has 3 N–H and O–H groups in total. The summed E-state index contributed by atoms with van der Waals surface area (Å²) in [6.07, 6.45) is 0.296. The molecule has 0 radical (unpaired) electrons. The largest absolute Gasteiger partial charge is 0.479 e. The highest BCUT2D eigenvalue weighted by molar-refractivity contribution is 6.31. The van der Waals surface area contributed by atoms with E-state index in [1.807, 2.05) is 0 Å². The van der Waals surface area contributed by atoms with Crippen molar-refractivity contribution in [2.24, 2.45) is 11.7 Å². The third-order valence-corrected chi connectivity index (χ3v) is 3.66. The van der Waals surface area contributed by atoms with E-state index in [9.17, 15) is 14.7 Å². The number of benzene rings is 1. The summed E-state index contributed by atoms with van der Waals surface area (Å²) in [6.45, 7) is 0.731. The van der Waals surface area contributed by atoms with E-state index in [0.717, 1.165) is 0 Å². The minimum absolute atomic E-state index is 0.0110. The maximum absolute atomic E-state index is 11.9. The smallest absolute Gasteiger partial charge is 0.331 e. The van der Waals surface area contributed by atoms with Crippen molar-refractivity contribution in [1.82, 2.24) is 4.90 Å². The predicted molar refractivity (Wildman–Crippen MR) is 70.7 cm³/mol. The maximum Gasteiger partial charge on any atom is 0.331 e. The fourth-order valence-electron chi connectivity index (χ4n) is 2.35. The number of carbonyl (C=O) groups excluding carboxylic acids is 1. The van der Waals surface area contributed by atoms with Gasteiger partial charge in [-0.25, -0.2) is 4.79 Å². The van der Waals surface area contributed by atoms with Gasteiger partial charge >= 0.3 is 5.97 Å². The number of carboxylic acid groups (broad SMARTS) is 1. The molecular weight excluding hydrogens is 268 g/mol. The molecule has 5 nitrogen and oxygen atoms in total. The lowest BCUT2D eigenvalue weighted by Gasteiger charge is -2.25. The van der Waals surface area contributed by atoms with E-state index in [1.165, 1.54) is 4.90 Å². The first-order valence-electron chi connectivity index (χ1n) is 6.01. The standard InChI is InChI=1S/C13H15ClN2O3/c14-10-4-2-1-3-9(10)12(13(18)19)16-7-8(6-15)5-11(16)17/h1-4,8,12H,5-7,15H2,(H,18,19)/t8?,12-/m0/s1. The second-order valence-corrected chi connectivity index (χ2v) is 5.02. The Morgan fingerprint density at radius 3 is 2.74 bits per heavy atom. The van der Waals surface area contributed by atoms with Crippen LogP contribution >= 0.6 is 11.6 Å². The highest BCUT2D eigenvalue weighted by atomic mass is 35.5. The summed E-state index contributed by atoms with van der Waals surface area (Å²) in [7, 11) is 0. The van der Waals surface area contributed by atoms with Crippen LogP contribution in [0.1, 0.15) is 18.0 Å². The van der Waals surface area contributed by atoms with Gasteiger partial charge in [0.2, 0.25) is 5.91 Å². The molecule has 102 valence electrons. The van der Waals surface area contributed by atoms with Gasteiger partial charge in [0.25, 0.3) is 0 Å². The van der Waals surface area contributed by atoms with Crippen LogP contribution in [0, 0.1) is 5.92 Å². The Bertz CT molecular complexity index is 506. The minimum Gasteiger partial charge on any atom is -0.479 e. The molecule has 2 rings (SSSR count). The number of nitrogens with zero attached hydrogens (tertiary/aromatic N) is 1. The van der Waals surface area contributed by atoms with Gasteiger partial charge in [0.1, 0.15) is 0 Å². The van der Waals surface area contributed by atoms with Crippen LogP contribution in [0.2, 0.25) is 5.02 Å². The average Bonchev–Trinajstić information content (AvgIpc) is 2.73. The Balaban J connectivity index is 2.35. The fraction of sp³-hybridized carbons (Fsp3) is 0.385. The van der Waals surface area contributed by atoms with Crippen molar-refractivity contribution in [1.29, 1.82) is 0 Å². The normalized spacial score (nSPS) is 20.6. The van der Waals surface area contributed by atoms with Crippen LogP contribution in [0.3, 0.4) is 0 Å². The van der Waals surface area contributed by atoms with Crippen molar-refractivity contribution in [2.75, 3.05) is 13.1 Å². The third kappa shape index (κ3) is 2.72. The monoisotopic (exact) mass is 282 g/mol. The number of amides is 1. The van der Waals surface area contributed by atoms with Crippen molar-refractivity contribution < 1.29 is 14.7 Å². The molecule has 0 saturated carbocycles. The van der Waals surface area contributed by atoms with E-state index in [2.05, 4.69) is 0 Å². The molecule has 1 aromatic carbocycles. The van der Waals surface area contributed by atoms with Crippen LogP contribution in [-0.2, 0) is 9.59 Å². The van der Waals surface area contributed by atoms with E-state index < -0.39 is 12.0 Å². The molecule has 0 aromatic heterocycles. The molecule has 1 aromatic rings. The number of aliphatic carboxylic acids is 1. The van der Waals surface area contributed by atoms with Crippen LogP contribution in [0.15, 0.2) is 24.3 Å². The molecule has 0 bridgehead atoms. The molecule has 0 aliphatic carbocycles. The van der Waals surface area contributed by atoms with Crippen LogP contribution in [0.25, 0.3) is 0 Å². The Morgan fingerprint density at radius 2 is 2.21 bits per heavy atom. The lowest BCUT2D eigenvalue weighted by atomic mass is 10.1. The van der Waals surface area contributed by atoms with Gasteiger partial charge in [-0.1, -0.05) is 29.8 Å². The number of likely N-dealkylation sites (tertiary alicyclic amines) is 1.